The molecule has 2 heterocycles. The van der Waals surface area contributed by atoms with Crippen LogP contribution in [0.15, 0.2) is 60.2 Å². The topological polar surface area (TPSA) is 73.4 Å². The molecule has 5 nitrogen and oxygen atoms in total. The summed E-state index contributed by atoms with van der Waals surface area (Å²) in [7, 11) is 0. The standard InChI is InChI=1S/C24H24N2O3/c1-3-4-14-26-21(19-15(2)25-18-13-9-8-12-17(18)19)20(23(28)24(26)29)22(27)16-10-6-5-7-11-16/h5-13,21,25,27H,3-4,14H2,1-2H3/b22-20+. The summed E-state index contributed by atoms with van der Waals surface area (Å²) in [4.78, 5) is 30.9. The number of amides is 1. The lowest BCUT2D eigenvalue weighted by atomic mass is 9.93. The third-order valence-electron chi connectivity index (χ3n) is 5.56. The molecule has 0 bridgehead atoms. The number of aliphatic hydroxyl groups excluding tert-OH is 1. The zero-order chi connectivity index (χ0) is 20.5. The highest BCUT2D eigenvalue weighted by Gasteiger charge is 2.47. The van der Waals surface area contributed by atoms with E-state index in [0.29, 0.717) is 12.1 Å². The number of H-pyrrole nitrogens is 1. The van der Waals surface area contributed by atoms with Crippen LogP contribution in [0.4, 0.5) is 0 Å². The molecule has 148 valence electrons. The van der Waals surface area contributed by atoms with Crippen molar-refractivity contribution in [2.45, 2.75) is 32.7 Å². The Balaban J connectivity index is 1.97. The normalized spacial score (nSPS) is 18.7. The van der Waals surface area contributed by atoms with E-state index in [1.165, 1.54) is 0 Å². The van der Waals surface area contributed by atoms with Gasteiger partial charge in [0.1, 0.15) is 5.76 Å². The summed E-state index contributed by atoms with van der Waals surface area (Å²) in [6.45, 7) is 4.46. The first-order valence-corrected chi connectivity index (χ1v) is 9.95. The van der Waals surface area contributed by atoms with Crippen molar-refractivity contribution in [1.29, 1.82) is 0 Å². The number of likely N-dealkylation sites (tertiary alicyclic amines) is 1. The number of aromatic amines is 1. The van der Waals surface area contributed by atoms with Crippen molar-refractivity contribution in [3.63, 3.8) is 0 Å². The van der Waals surface area contributed by atoms with E-state index in [4.69, 9.17) is 0 Å². The first-order valence-electron chi connectivity index (χ1n) is 9.95. The number of carbonyl (C=O) groups excluding carboxylic acids is 2. The van der Waals surface area contributed by atoms with Gasteiger partial charge < -0.3 is 15.0 Å². The number of fused-ring (bicyclic) bond motifs is 1. The maximum Gasteiger partial charge on any atom is 0.295 e. The van der Waals surface area contributed by atoms with Crippen molar-refractivity contribution < 1.29 is 14.7 Å². The molecule has 5 heteroatoms. The SMILES string of the molecule is CCCCN1C(=O)C(=O)/C(=C(/O)c2ccccc2)C1c1c(C)[nH]c2ccccc12. The van der Waals surface area contributed by atoms with Gasteiger partial charge in [-0.1, -0.05) is 61.9 Å². The van der Waals surface area contributed by atoms with Crippen LogP contribution in [0, 0.1) is 6.92 Å². The fourth-order valence-corrected chi connectivity index (χ4v) is 4.14. The van der Waals surface area contributed by atoms with Crippen LogP contribution in [-0.2, 0) is 9.59 Å². The van der Waals surface area contributed by atoms with E-state index >= 15 is 0 Å². The molecule has 2 N–H and O–H groups in total. The third kappa shape index (κ3) is 3.12. The highest BCUT2D eigenvalue weighted by Crippen LogP contribution is 2.43. The molecular weight excluding hydrogens is 364 g/mol. The Bertz CT molecular complexity index is 1110. The Morgan fingerprint density at radius 1 is 1.07 bits per heavy atom. The molecule has 1 atom stereocenters. The molecule has 1 unspecified atom stereocenters. The number of benzene rings is 2. The molecule has 29 heavy (non-hydrogen) atoms. The maximum atomic E-state index is 13.0. The molecule has 0 aliphatic carbocycles. The van der Waals surface area contributed by atoms with E-state index in [2.05, 4.69) is 4.98 Å². The molecule has 1 saturated heterocycles. The number of hydrogen-bond acceptors (Lipinski definition) is 3. The number of aryl methyl sites for hydroxylation is 1. The second-order valence-corrected chi connectivity index (χ2v) is 7.42. The summed E-state index contributed by atoms with van der Waals surface area (Å²) in [6, 6.07) is 16.2. The minimum Gasteiger partial charge on any atom is -0.507 e. The Hall–Kier alpha value is -3.34. The van der Waals surface area contributed by atoms with Crippen LogP contribution in [0.1, 0.15) is 42.6 Å². The zero-order valence-corrected chi connectivity index (χ0v) is 16.6. The highest BCUT2D eigenvalue weighted by molar-refractivity contribution is 6.46. The Kier molecular flexibility index (Phi) is 4.97. The number of hydrogen-bond donors (Lipinski definition) is 2. The molecule has 0 saturated carbocycles. The summed E-state index contributed by atoms with van der Waals surface area (Å²) >= 11 is 0. The summed E-state index contributed by atoms with van der Waals surface area (Å²) in [5.41, 5.74) is 3.39. The minimum absolute atomic E-state index is 0.127. The molecule has 2 aromatic carbocycles. The molecule has 4 rings (SSSR count). The second kappa shape index (κ2) is 7.59. The fraction of sp³-hybridized carbons (Fsp3) is 0.250. The smallest absolute Gasteiger partial charge is 0.295 e. The van der Waals surface area contributed by atoms with Crippen LogP contribution >= 0.6 is 0 Å². The molecule has 0 radical (unpaired) electrons. The van der Waals surface area contributed by atoms with E-state index in [1.807, 2.05) is 44.2 Å². The highest BCUT2D eigenvalue weighted by atomic mass is 16.3. The molecule has 3 aromatic rings. The summed E-state index contributed by atoms with van der Waals surface area (Å²) in [5.74, 6) is -1.31. The van der Waals surface area contributed by atoms with E-state index in [9.17, 15) is 14.7 Å². The number of aliphatic hydroxyl groups is 1. The molecule has 1 fully saturated rings. The lowest BCUT2D eigenvalue weighted by molar-refractivity contribution is -0.139. The van der Waals surface area contributed by atoms with Crippen LogP contribution in [0.25, 0.3) is 16.7 Å². The van der Waals surface area contributed by atoms with E-state index in [-0.39, 0.29) is 11.3 Å². The van der Waals surface area contributed by atoms with Gasteiger partial charge in [0.15, 0.2) is 0 Å². The van der Waals surface area contributed by atoms with Crippen LogP contribution in [0.2, 0.25) is 0 Å². The Morgan fingerprint density at radius 3 is 2.48 bits per heavy atom. The third-order valence-corrected chi connectivity index (χ3v) is 5.56. The average Bonchev–Trinajstić information content (AvgIpc) is 3.19. The summed E-state index contributed by atoms with van der Waals surface area (Å²) < 4.78 is 0. The largest absolute Gasteiger partial charge is 0.507 e. The van der Waals surface area contributed by atoms with E-state index in [1.54, 1.807) is 29.2 Å². The molecular formula is C24H24N2O3. The van der Waals surface area contributed by atoms with Crippen LogP contribution in [0.3, 0.4) is 0 Å². The number of nitrogens with zero attached hydrogens (tertiary/aromatic N) is 1. The number of Topliss-reactive ketones (excluding diaryl/α,β-unsaturated/α-hetero) is 1. The van der Waals surface area contributed by atoms with Crippen molar-refractivity contribution in [2.75, 3.05) is 6.54 Å². The van der Waals surface area contributed by atoms with Crippen LogP contribution in [0.5, 0.6) is 0 Å². The number of ketones is 1. The van der Waals surface area contributed by atoms with E-state index in [0.717, 1.165) is 35.0 Å². The van der Waals surface area contributed by atoms with E-state index < -0.39 is 17.7 Å². The van der Waals surface area contributed by atoms with Gasteiger partial charge >= 0.3 is 0 Å². The van der Waals surface area contributed by atoms with Gasteiger partial charge in [0.2, 0.25) is 0 Å². The molecule has 1 aliphatic heterocycles. The van der Waals surface area contributed by atoms with Gasteiger partial charge in [0.25, 0.3) is 11.7 Å². The number of para-hydroxylation sites is 1. The molecule has 1 aromatic heterocycles. The first-order chi connectivity index (χ1) is 14.0. The lowest BCUT2D eigenvalue weighted by Crippen LogP contribution is -2.30. The predicted molar refractivity (Wildman–Crippen MR) is 113 cm³/mol. The Morgan fingerprint density at radius 2 is 1.76 bits per heavy atom. The number of aromatic nitrogens is 1. The quantitative estimate of drug-likeness (QED) is 0.378. The van der Waals surface area contributed by atoms with Gasteiger partial charge in [0, 0.05) is 34.3 Å². The van der Waals surface area contributed by atoms with Gasteiger partial charge in [0.05, 0.1) is 11.6 Å². The van der Waals surface area contributed by atoms with Gasteiger partial charge in [-0.3, -0.25) is 9.59 Å². The van der Waals surface area contributed by atoms with Crippen molar-refractivity contribution >= 4 is 28.4 Å². The van der Waals surface area contributed by atoms with Gasteiger partial charge in [-0.2, -0.15) is 0 Å². The van der Waals surface area contributed by atoms with Gasteiger partial charge in [-0.25, -0.2) is 0 Å². The van der Waals surface area contributed by atoms with Crippen LogP contribution in [-0.4, -0.2) is 33.2 Å². The van der Waals surface area contributed by atoms with Crippen molar-refractivity contribution in [3.8, 4) is 0 Å². The van der Waals surface area contributed by atoms with Crippen molar-refractivity contribution in [3.05, 3.63) is 77.0 Å². The number of rotatable bonds is 5. The Labute approximate surface area is 169 Å². The average molecular weight is 388 g/mol. The molecule has 0 spiro atoms. The summed E-state index contributed by atoms with van der Waals surface area (Å²) in [6.07, 6.45) is 1.69. The van der Waals surface area contributed by atoms with Gasteiger partial charge in [-0.15, -0.1) is 0 Å². The fourth-order valence-electron chi connectivity index (χ4n) is 4.14. The lowest BCUT2D eigenvalue weighted by Gasteiger charge is -2.25. The predicted octanol–water partition coefficient (Wildman–Crippen LogP) is 4.70. The zero-order valence-electron chi connectivity index (χ0n) is 16.6. The monoisotopic (exact) mass is 388 g/mol. The number of nitrogens with one attached hydrogen (secondary N) is 1. The maximum absolute atomic E-state index is 13.0. The van der Waals surface area contributed by atoms with Crippen molar-refractivity contribution in [1.82, 2.24) is 9.88 Å². The number of carbonyl (C=O) groups is 2. The minimum atomic E-state index is -0.628. The molecule has 1 aliphatic rings. The number of unbranched alkanes of at least 4 members (excludes halogenated alkanes) is 1. The summed E-state index contributed by atoms with van der Waals surface area (Å²) in [5, 5.41) is 12.0. The first kappa shape index (κ1) is 19.0. The van der Waals surface area contributed by atoms with Gasteiger partial charge in [-0.05, 0) is 19.4 Å². The van der Waals surface area contributed by atoms with Crippen molar-refractivity contribution in [2.24, 2.45) is 0 Å². The van der Waals surface area contributed by atoms with Crippen LogP contribution < -0.4 is 0 Å². The molecule has 1 amide bonds. The second-order valence-electron chi connectivity index (χ2n) is 7.42.